The predicted octanol–water partition coefficient (Wildman–Crippen LogP) is 5.63. The zero-order valence-electron chi connectivity index (χ0n) is 29.2. The number of rotatable bonds is 2. The average molecular weight is 665 g/mol. The first kappa shape index (κ1) is 28.8. The van der Waals surface area contributed by atoms with Gasteiger partial charge in [0.2, 0.25) is 11.6 Å². The van der Waals surface area contributed by atoms with Crippen molar-refractivity contribution in [1.82, 2.24) is 27.9 Å². The van der Waals surface area contributed by atoms with E-state index in [4.69, 9.17) is 9.97 Å². The van der Waals surface area contributed by atoms with Crippen LogP contribution in [0.3, 0.4) is 0 Å². The molecule has 0 fully saturated rings. The van der Waals surface area contributed by atoms with Gasteiger partial charge < -0.3 is 0 Å². The van der Waals surface area contributed by atoms with Crippen LogP contribution in [-0.2, 0) is 10.8 Å². The van der Waals surface area contributed by atoms with Crippen molar-refractivity contribution < 1.29 is 0 Å². The van der Waals surface area contributed by atoms with Gasteiger partial charge in [0.15, 0.2) is 0 Å². The van der Waals surface area contributed by atoms with Gasteiger partial charge >= 0.3 is 0 Å². The number of aromatic nitrogens is 6. The maximum absolute atomic E-state index is 15.0. The highest BCUT2D eigenvalue weighted by molar-refractivity contribution is 7.01. The van der Waals surface area contributed by atoms with Gasteiger partial charge in [-0.3, -0.25) is 18.4 Å². The molecular weight excluding hydrogens is 631 g/mol. The van der Waals surface area contributed by atoms with E-state index >= 15 is 9.59 Å². The molecule has 2 aliphatic heterocycles. The Bertz CT molecular complexity index is 2980. The van der Waals surface area contributed by atoms with E-state index in [0.29, 0.717) is 22.3 Å². The molecule has 0 radical (unpaired) electrons. The molecule has 2 aliphatic rings. The highest BCUT2D eigenvalue weighted by atomic mass is 16.1. The van der Waals surface area contributed by atoms with Gasteiger partial charge in [0.25, 0.3) is 17.8 Å². The van der Waals surface area contributed by atoms with Crippen molar-refractivity contribution in [1.29, 1.82) is 0 Å². The average Bonchev–Trinajstić information content (AvgIpc) is 3.68. The third-order valence-corrected chi connectivity index (χ3v) is 11.2. The molecular formula is C42H33BN6O2. The lowest BCUT2D eigenvalue weighted by atomic mass is 9.34. The highest BCUT2D eigenvalue weighted by Crippen LogP contribution is 2.36. The molecule has 0 aliphatic carbocycles. The lowest BCUT2D eigenvalue weighted by Gasteiger charge is -2.32. The minimum atomic E-state index is -0.246. The number of hydrogen-bond acceptors (Lipinski definition) is 4. The summed E-state index contributed by atoms with van der Waals surface area (Å²) in [5, 5.41) is 0.984. The van der Waals surface area contributed by atoms with E-state index < -0.39 is 0 Å². The van der Waals surface area contributed by atoms with Crippen molar-refractivity contribution in [2.24, 2.45) is 0 Å². The largest absolute Gasteiger partial charge is 0.278 e. The van der Waals surface area contributed by atoms with Crippen molar-refractivity contribution in [2.75, 3.05) is 0 Å². The fourth-order valence-electron chi connectivity index (χ4n) is 8.77. The minimum Gasteiger partial charge on any atom is -0.278 e. The summed E-state index contributed by atoms with van der Waals surface area (Å²) in [6.07, 6.45) is 0. The Morgan fingerprint density at radius 3 is 1.33 bits per heavy atom. The fourth-order valence-corrected chi connectivity index (χ4v) is 8.77. The van der Waals surface area contributed by atoms with Crippen LogP contribution in [0.5, 0.6) is 0 Å². The van der Waals surface area contributed by atoms with Gasteiger partial charge in [-0.15, -0.1) is 0 Å². The number of nitrogens with zero attached hydrogens (tertiary/aromatic N) is 6. The van der Waals surface area contributed by atoms with E-state index in [2.05, 4.69) is 74.6 Å². The van der Waals surface area contributed by atoms with Crippen molar-refractivity contribution >= 4 is 78.5 Å². The second-order valence-electron chi connectivity index (χ2n) is 16.3. The second kappa shape index (κ2) is 9.03. The molecule has 0 amide bonds. The number of fused-ring (bicyclic) bond motifs is 2. The first-order chi connectivity index (χ1) is 24.4. The summed E-state index contributed by atoms with van der Waals surface area (Å²) >= 11 is 0. The Morgan fingerprint density at radius 2 is 0.941 bits per heavy atom. The zero-order valence-corrected chi connectivity index (χ0v) is 29.2. The first-order valence-electron chi connectivity index (χ1n) is 17.6. The highest BCUT2D eigenvalue weighted by Gasteiger charge is 2.42. The van der Waals surface area contributed by atoms with Crippen LogP contribution in [0.25, 0.3) is 66.8 Å². The second-order valence-corrected chi connectivity index (χ2v) is 16.3. The van der Waals surface area contributed by atoms with Crippen LogP contribution in [0.15, 0.2) is 101 Å². The van der Waals surface area contributed by atoms with Crippen LogP contribution in [0.2, 0.25) is 0 Å². The molecule has 11 rings (SSSR count). The Morgan fingerprint density at radius 1 is 0.529 bits per heavy atom. The Labute approximate surface area is 292 Å². The van der Waals surface area contributed by atoms with Crippen LogP contribution >= 0.6 is 0 Å². The van der Waals surface area contributed by atoms with Gasteiger partial charge in [0, 0.05) is 0 Å². The van der Waals surface area contributed by atoms with Crippen LogP contribution in [0.4, 0.5) is 0 Å². The van der Waals surface area contributed by atoms with Crippen LogP contribution in [-0.4, -0.2) is 34.6 Å². The molecule has 51 heavy (non-hydrogen) atoms. The molecule has 9 heteroatoms. The molecule has 4 aromatic heterocycles. The van der Waals surface area contributed by atoms with E-state index in [-0.39, 0.29) is 28.7 Å². The number of para-hydroxylation sites is 2. The maximum atomic E-state index is 15.0. The van der Waals surface area contributed by atoms with Crippen molar-refractivity contribution in [2.45, 2.75) is 52.4 Å². The summed E-state index contributed by atoms with van der Waals surface area (Å²) in [6, 6.07) is 30.3. The van der Waals surface area contributed by atoms with E-state index in [1.54, 1.807) is 9.13 Å². The zero-order chi connectivity index (χ0) is 34.9. The third kappa shape index (κ3) is 3.46. The Hall–Kier alpha value is -5.96. The summed E-state index contributed by atoms with van der Waals surface area (Å²) in [5.74, 6) is 1.13. The third-order valence-electron chi connectivity index (χ3n) is 11.2. The van der Waals surface area contributed by atoms with Gasteiger partial charge in [-0.2, -0.15) is 0 Å². The minimum absolute atomic E-state index is 0.163. The van der Waals surface area contributed by atoms with Gasteiger partial charge in [0.1, 0.15) is 0 Å². The summed E-state index contributed by atoms with van der Waals surface area (Å²) < 4.78 is 7.79. The SMILES string of the molecule is CC(C)(C)c1cc2c3c(c1)nc1n(-c4ccccc4)c(=O)c4cc5c(=O)n(-c6ccccc6)c6nc7cc(C(C)(C)C)cc8c7n6c5c(c4n31)B28. The van der Waals surface area contributed by atoms with Gasteiger partial charge in [-0.05, 0) is 80.8 Å². The van der Waals surface area contributed by atoms with Crippen LogP contribution in [0, 0.1) is 0 Å². The number of hydrogen-bond donors (Lipinski definition) is 0. The van der Waals surface area contributed by atoms with Gasteiger partial charge in [-0.25, -0.2) is 19.1 Å². The molecule has 0 spiro atoms. The topological polar surface area (TPSA) is 78.6 Å². The van der Waals surface area contributed by atoms with E-state index in [0.717, 1.165) is 60.9 Å². The van der Waals surface area contributed by atoms with E-state index in [1.165, 1.54) is 11.1 Å². The van der Waals surface area contributed by atoms with Gasteiger partial charge in [-0.1, -0.05) is 90.1 Å². The quantitative estimate of drug-likeness (QED) is 0.177. The Kier molecular flexibility index (Phi) is 5.11. The van der Waals surface area contributed by atoms with Gasteiger partial charge in [0.05, 0.1) is 55.2 Å². The first-order valence-corrected chi connectivity index (χ1v) is 17.6. The predicted molar refractivity (Wildman–Crippen MR) is 207 cm³/mol. The summed E-state index contributed by atoms with van der Waals surface area (Å²) in [5.41, 5.74) is 11.6. The smallest absolute Gasteiger partial charge is 0.267 e. The number of benzene rings is 5. The molecule has 0 N–H and O–H groups in total. The normalized spacial score (nSPS) is 13.8. The standard InChI is InChI=1S/C42H33BN6O2/c1-41(2,3)22-17-28-35-30(19-22)44-39-46(24-13-9-7-10-14-24)37(50)26-21-27-34-32(33(26)48(35)39)43(28)29-18-23(42(4,5)6)20-31-36(29)49(34)40(45-31)47(38(27)51)25-15-11-8-12-16-25/h7-21H,1-6H3. The van der Waals surface area contributed by atoms with E-state index in [1.807, 2.05) is 66.7 Å². The summed E-state index contributed by atoms with van der Waals surface area (Å²) in [4.78, 5) is 40.6. The Balaban J connectivity index is 1.47. The summed E-state index contributed by atoms with van der Waals surface area (Å²) in [6.45, 7) is 13.1. The number of imidazole rings is 2. The van der Waals surface area contributed by atoms with Crippen molar-refractivity contribution in [3.63, 3.8) is 0 Å². The molecule has 9 aromatic rings. The molecule has 5 aromatic carbocycles. The molecule has 246 valence electrons. The molecule has 0 atom stereocenters. The molecule has 0 saturated carbocycles. The lowest BCUT2D eigenvalue weighted by Crippen LogP contribution is -2.58. The van der Waals surface area contributed by atoms with E-state index in [9.17, 15) is 0 Å². The molecule has 8 nitrogen and oxygen atoms in total. The fraction of sp³-hybridized carbons (Fsp3) is 0.190. The summed E-state index contributed by atoms with van der Waals surface area (Å²) in [7, 11) is 0. The molecule has 0 saturated heterocycles. The van der Waals surface area contributed by atoms with Crippen LogP contribution in [0.1, 0.15) is 52.7 Å². The van der Waals surface area contributed by atoms with Crippen molar-refractivity contribution in [3.8, 4) is 11.4 Å². The van der Waals surface area contributed by atoms with Crippen molar-refractivity contribution in [3.05, 3.63) is 123 Å². The molecule has 0 bridgehead atoms. The molecule has 0 unspecified atom stereocenters. The maximum Gasteiger partial charge on any atom is 0.267 e. The van der Waals surface area contributed by atoms with Crippen LogP contribution < -0.4 is 27.5 Å². The lowest BCUT2D eigenvalue weighted by molar-refractivity contribution is 0.591. The monoisotopic (exact) mass is 664 g/mol. The molecule has 6 heterocycles.